The fourth-order valence-corrected chi connectivity index (χ4v) is 13.7. The van der Waals surface area contributed by atoms with Gasteiger partial charge in [-0.1, -0.05) is 131 Å². The van der Waals surface area contributed by atoms with Crippen LogP contribution in [0.15, 0.2) is 97.2 Å². The van der Waals surface area contributed by atoms with E-state index in [4.69, 9.17) is 21.7 Å². The lowest BCUT2D eigenvalue weighted by Gasteiger charge is -2.35. The van der Waals surface area contributed by atoms with Gasteiger partial charge in [-0.15, -0.1) is 23.5 Å². The minimum Gasteiger partial charge on any atom is -0.376 e. The summed E-state index contributed by atoms with van der Waals surface area (Å²) in [6.07, 6.45) is 2.70. The van der Waals surface area contributed by atoms with Gasteiger partial charge in [-0.25, -0.2) is 0 Å². The van der Waals surface area contributed by atoms with Crippen LogP contribution in [0, 0.1) is 10.8 Å². The molecular weight excluding hydrogens is 965 g/mol. The number of carbonyl (C=O) groups is 4. The summed E-state index contributed by atoms with van der Waals surface area (Å²) in [6.45, 7) is 17.5. The van der Waals surface area contributed by atoms with E-state index >= 15 is 0 Å². The molecule has 4 amide bonds. The first kappa shape index (κ1) is 55.3. The minimum atomic E-state index is -0.675. The molecule has 390 valence electrons. The molecule has 6 N–H and O–H groups in total. The molecule has 14 nitrogen and oxygen atoms in total. The number of hydrogen-bond acceptors (Lipinski definition) is 12. The first-order valence-corrected chi connectivity index (χ1v) is 27.8. The van der Waals surface area contributed by atoms with Crippen LogP contribution >= 0.6 is 35.7 Å². The molecule has 0 saturated carbocycles. The molecule has 10 atom stereocenters. The van der Waals surface area contributed by atoms with E-state index in [1.165, 1.54) is 0 Å². The number of rotatable bonds is 21. The molecule has 0 radical (unpaired) electrons. The summed E-state index contributed by atoms with van der Waals surface area (Å²) in [5.74, 6) is 1.02. The van der Waals surface area contributed by atoms with Crippen LogP contribution in [-0.2, 0) is 41.9 Å². The Morgan fingerprint density at radius 2 is 1.07 bits per heavy atom. The van der Waals surface area contributed by atoms with E-state index < -0.39 is 47.1 Å². The second kappa shape index (κ2) is 24.7. The number of thiocarbonyl (C=S) groups is 1. The molecular formula is C55H76N8O6S3. The highest BCUT2D eigenvalue weighted by molar-refractivity contribution is 8.00. The van der Waals surface area contributed by atoms with Crippen molar-refractivity contribution in [3.05, 3.63) is 119 Å². The molecule has 0 spiro atoms. The van der Waals surface area contributed by atoms with Gasteiger partial charge in [0, 0.05) is 11.7 Å². The van der Waals surface area contributed by atoms with Crippen molar-refractivity contribution >= 4 is 64.4 Å². The zero-order valence-electron chi connectivity index (χ0n) is 43.2. The molecule has 17 heteroatoms. The first-order valence-electron chi connectivity index (χ1n) is 25.3. The molecule has 7 rings (SSSR count). The van der Waals surface area contributed by atoms with Crippen LogP contribution in [0.1, 0.15) is 102 Å². The Morgan fingerprint density at radius 1 is 0.667 bits per heavy atom. The highest BCUT2D eigenvalue weighted by Gasteiger charge is 2.56. The van der Waals surface area contributed by atoms with Crippen LogP contribution in [0.3, 0.4) is 0 Å². The van der Waals surface area contributed by atoms with Gasteiger partial charge in [0.25, 0.3) is 0 Å². The van der Waals surface area contributed by atoms with Crippen molar-refractivity contribution in [1.29, 1.82) is 0 Å². The number of nitrogens with zero attached hydrogens (tertiary/aromatic N) is 2. The molecule has 4 heterocycles. The normalized spacial score (nSPS) is 25.2. The quantitative estimate of drug-likeness (QED) is 0.0635. The van der Waals surface area contributed by atoms with Gasteiger partial charge in [-0.3, -0.25) is 19.2 Å². The van der Waals surface area contributed by atoms with E-state index in [9.17, 15) is 19.2 Å². The number of ether oxygens (including phenoxy) is 2. The second-order valence-electron chi connectivity index (χ2n) is 21.0. The van der Waals surface area contributed by atoms with E-state index in [1.807, 2.05) is 123 Å². The molecule has 4 saturated heterocycles. The third-order valence-electron chi connectivity index (χ3n) is 14.7. The van der Waals surface area contributed by atoms with Crippen LogP contribution in [-0.4, -0.2) is 124 Å². The van der Waals surface area contributed by atoms with Crippen LogP contribution in [0.25, 0.3) is 0 Å². The Bertz CT molecular complexity index is 2200. The third kappa shape index (κ3) is 13.2. The summed E-state index contributed by atoms with van der Waals surface area (Å²) < 4.78 is 12.7. The molecule has 0 aliphatic carbocycles. The molecule has 0 bridgehead atoms. The fourth-order valence-electron chi connectivity index (χ4n) is 10.3. The number of nitrogens with one attached hydrogen (secondary N) is 6. The number of thioether (sulfide) groups is 2. The van der Waals surface area contributed by atoms with Crippen molar-refractivity contribution in [2.24, 2.45) is 10.8 Å². The van der Waals surface area contributed by atoms with Crippen molar-refractivity contribution in [3.8, 4) is 0 Å². The smallest absolute Gasteiger partial charge is 0.246 e. The predicted molar refractivity (Wildman–Crippen MR) is 293 cm³/mol. The molecule has 4 aliphatic rings. The molecule has 4 fully saturated rings. The van der Waals surface area contributed by atoms with Gasteiger partial charge in [0.15, 0.2) is 0 Å². The lowest BCUT2D eigenvalue weighted by atomic mass is 9.83. The molecule has 4 aliphatic heterocycles. The van der Waals surface area contributed by atoms with Crippen LogP contribution < -0.4 is 31.9 Å². The zero-order valence-corrected chi connectivity index (χ0v) is 45.7. The summed E-state index contributed by atoms with van der Waals surface area (Å²) >= 11 is 9.10. The lowest BCUT2D eigenvalue weighted by molar-refractivity contribution is -0.143. The number of hydrogen-bond donors (Lipinski definition) is 6. The zero-order chi connectivity index (χ0) is 51.7. The Balaban J connectivity index is 0.960. The van der Waals surface area contributed by atoms with Crippen molar-refractivity contribution in [2.75, 3.05) is 38.8 Å². The predicted octanol–water partition coefficient (Wildman–Crippen LogP) is 6.59. The minimum absolute atomic E-state index is 0.0160. The maximum Gasteiger partial charge on any atom is 0.246 e. The Morgan fingerprint density at radius 3 is 1.47 bits per heavy atom. The van der Waals surface area contributed by atoms with Gasteiger partial charge >= 0.3 is 0 Å². The van der Waals surface area contributed by atoms with Crippen molar-refractivity contribution in [2.45, 2.75) is 140 Å². The van der Waals surface area contributed by atoms with Gasteiger partial charge in [0.1, 0.15) is 24.2 Å². The summed E-state index contributed by atoms with van der Waals surface area (Å²) in [4.78, 5) is 61.8. The average Bonchev–Trinajstić information content (AvgIpc) is 3.69. The molecule has 0 unspecified atom stereocenters. The maximum absolute atomic E-state index is 14.5. The largest absolute Gasteiger partial charge is 0.376 e. The Hall–Kier alpha value is -4.49. The summed E-state index contributed by atoms with van der Waals surface area (Å²) in [5.41, 5.74) is 3.57. The van der Waals surface area contributed by atoms with E-state index in [2.05, 4.69) is 66.2 Å². The van der Waals surface area contributed by atoms with Gasteiger partial charge in [0.2, 0.25) is 23.6 Å². The standard InChI is InChI=1S/C55H76N8O6S3/c1-34(56-8)35(2)58-41-24-26-71-45-28-54(4,5)47(62(45)52(41)66)49(64)59-43(39-16-12-10-13-17-39)32-68-30-37-20-22-38(23-21-37)31-69-33-44(40-18-14-11-15-19-40)60-50(65)48-55(6,7)29-46-63(48)53(67)42(25-27-72-46)61-51(70)36(3)57-9/h10-23,34,36,41-48,56-58H,2,24-33H2,1,3-9H3,(H,59,64)(H,60,65)(H,61,70)/t34-,36-,41-,42-,43+,44+,45-,46-,47+,48+/m0/s1. The SMILES string of the molecule is C=C(N[C@H]1CCS[C@H]2CC(C)(C)[C@@H](C(=O)N[C@H](COCc3ccc(COC[C@@H](NC(=O)[C@H]4N5C(=O)[C@@H](NC(=S)[C@H](C)NC)CCS[C@H]5CC4(C)C)c4ccccc4)cc3)c3ccccc3)N2C1=O)[C@H](C)NC. The molecule has 3 aromatic rings. The average molecular weight is 1040 g/mol. The monoisotopic (exact) mass is 1040 g/mol. The summed E-state index contributed by atoms with van der Waals surface area (Å²) in [7, 11) is 3.70. The van der Waals surface area contributed by atoms with E-state index in [0.717, 1.165) is 39.5 Å². The molecule has 72 heavy (non-hydrogen) atoms. The Labute approximate surface area is 441 Å². The highest BCUT2D eigenvalue weighted by Crippen LogP contribution is 2.48. The van der Waals surface area contributed by atoms with Crippen molar-refractivity contribution in [1.82, 2.24) is 41.7 Å². The first-order chi connectivity index (χ1) is 34.4. The number of carbonyl (C=O) groups excluding carboxylic acids is 4. The highest BCUT2D eigenvalue weighted by atomic mass is 32.2. The third-order valence-corrected chi connectivity index (χ3v) is 17.7. The van der Waals surface area contributed by atoms with Crippen molar-refractivity contribution in [3.63, 3.8) is 0 Å². The molecule has 0 aromatic heterocycles. The number of fused-ring (bicyclic) bond motifs is 2. The number of amides is 4. The van der Waals surface area contributed by atoms with E-state index in [0.29, 0.717) is 43.9 Å². The van der Waals surface area contributed by atoms with Crippen LogP contribution in [0.5, 0.6) is 0 Å². The van der Waals surface area contributed by atoms with Gasteiger partial charge < -0.3 is 51.2 Å². The topological polar surface area (TPSA) is 165 Å². The van der Waals surface area contributed by atoms with E-state index in [1.54, 1.807) is 23.5 Å². The Kier molecular flexibility index (Phi) is 19.0. The van der Waals surface area contributed by atoms with Gasteiger partial charge in [-0.05, 0) is 98.2 Å². The fraction of sp³-hybridized carbons (Fsp3) is 0.545. The second-order valence-corrected chi connectivity index (χ2v) is 24.0. The van der Waals surface area contributed by atoms with Crippen LogP contribution in [0.2, 0.25) is 0 Å². The van der Waals surface area contributed by atoms with Crippen molar-refractivity contribution < 1.29 is 28.7 Å². The summed E-state index contributed by atoms with van der Waals surface area (Å²) in [5, 5.41) is 19.4. The van der Waals surface area contributed by atoms with Gasteiger partial charge in [-0.2, -0.15) is 0 Å². The number of likely N-dealkylation sites (N-methyl/N-ethyl adjacent to an activating group) is 2. The van der Waals surface area contributed by atoms with Gasteiger partial charge in [0.05, 0.1) is 60.3 Å². The van der Waals surface area contributed by atoms with E-state index in [-0.39, 0.29) is 59.7 Å². The maximum atomic E-state index is 14.5. The summed E-state index contributed by atoms with van der Waals surface area (Å²) in [6, 6.07) is 24.3. The molecule has 3 aromatic carbocycles. The number of benzene rings is 3. The van der Waals surface area contributed by atoms with Crippen LogP contribution in [0.4, 0.5) is 0 Å². The lowest BCUT2D eigenvalue weighted by Crippen LogP contribution is -2.58.